The van der Waals surface area contributed by atoms with Gasteiger partial charge in [-0.05, 0) is 55.9 Å². The highest BCUT2D eigenvalue weighted by Gasteiger charge is 2.29. The van der Waals surface area contributed by atoms with Crippen molar-refractivity contribution in [2.75, 3.05) is 5.32 Å². The van der Waals surface area contributed by atoms with E-state index in [0.29, 0.717) is 6.04 Å². The third kappa shape index (κ3) is 2.75. The Hall–Kier alpha value is -0.500. The molecule has 0 bridgehead atoms. The zero-order valence-corrected chi connectivity index (χ0v) is 11.0. The normalized spacial score (nSPS) is 17.5. The maximum Gasteiger partial charge on any atom is 0.0372 e. The van der Waals surface area contributed by atoms with Crippen LogP contribution in [-0.2, 0) is 0 Å². The largest absolute Gasteiger partial charge is 0.382 e. The number of rotatable bonds is 4. The monoisotopic (exact) mass is 267 g/mol. The quantitative estimate of drug-likeness (QED) is 0.855. The molecule has 0 saturated heterocycles. The Bertz CT molecular complexity index is 344. The molecule has 1 aromatic carbocycles. The summed E-state index contributed by atoms with van der Waals surface area (Å²) in [6.45, 7) is 4.43. The van der Waals surface area contributed by atoms with Gasteiger partial charge in [-0.15, -0.1) is 0 Å². The minimum atomic E-state index is 0.671. The smallest absolute Gasteiger partial charge is 0.0372 e. The van der Waals surface area contributed by atoms with Crippen LogP contribution in [0.2, 0.25) is 0 Å². The molecule has 1 aromatic rings. The van der Waals surface area contributed by atoms with E-state index in [1.165, 1.54) is 30.5 Å². The van der Waals surface area contributed by atoms with Crippen molar-refractivity contribution in [2.24, 2.45) is 5.92 Å². The molecular formula is C13H18BrN. The first-order valence-electron chi connectivity index (χ1n) is 5.73. The van der Waals surface area contributed by atoms with Crippen LogP contribution < -0.4 is 5.32 Å². The molecule has 0 amide bonds. The Kier molecular flexibility index (Phi) is 3.35. The summed E-state index contributed by atoms with van der Waals surface area (Å²) in [5, 5.41) is 3.67. The molecule has 0 radical (unpaired) electrons. The summed E-state index contributed by atoms with van der Waals surface area (Å²) in [5.74, 6) is 0.915. The van der Waals surface area contributed by atoms with Crippen LogP contribution in [0.4, 0.5) is 5.69 Å². The van der Waals surface area contributed by atoms with Crippen molar-refractivity contribution in [1.82, 2.24) is 0 Å². The van der Waals surface area contributed by atoms with Crippen molar-refractivity contribution in [1.29, 1.82) is 0 Å². The van der Waals surface area contributed by atoms with Gasteiger partial charge in [0.05, 0.1) is 0 Å². The molecule has 0 aliphatic heterocycles. The minimum Gasteiger partial charge on any atom is -0.382 e. The van der Waals surface area contributed by atoms with Crippen molar-refractivity contribution < 1.29 is 0 Å². The second kappa shape index (κ2) is 4.56. The van der Waals surface area contributed by atoms with E-state index in [1.54, 1.807) is 0 Å². The standard InChI is InChI=1S/C13H18BrN/c1-3-12(10-4-5-10)15-13-7-6-11(14)8-9(13)2/h6-8,10,12,15H,3-5H2,1-2H3. The van der Waals surface area contributed by atoms with Crippen molar-refractivity contribution in [2.45, 2.75) is 39.2 Å². The van der Waals surface area contributed by atoms with Gasteiger partial charge in [-0.2, -0.15) is 0 Å². The Morgan fingerprint density at radius 3 is 2.73 bits per heavy atom. The molecule has 1 nitrogen and oxygen atoms in total. The molecule has 0 aromatic heterocycles. The summed E-state index contributed by atoms with van der Waals surface area (Å²) >= 11 is 3.49. The lowest BCUT2D eigenvalue weighted by atomic mass is 10.1. The Balaban J connectivity index is 2.08. The van der Waals surface area contributed by atoms with Crippen LogP contribution in [0.25, 0.3) is 0 Å². The first-order valence-corrected chi connectivity index (χ1v) is 6.52. The molecule has 1 saturated carbocycles. The summed E-state index contributed by atoms with van der Waals surface area (Å²) in [7, 11) is 0. The second-order valence-electron chi connectivity index (χ2n) is 4.46. The summed E-state index contributed by atoms with van der Waals surface area (Å²) in [6, 6.07) is 7.12. The maximum atomic E-state index is 3.67. The fourth-order valence-electron chi connectivity index (χ4n) is 2.04. The van der Waals surface area contributed by atoms with E-state index in [1.807, 2.05) is 0 Å². The van der Waals surface area contributed by atoms with E-state index in [9.17, 15) is 0 Å². The molecule has 2 heteroatoms. The minimum absolute atomic E-state index is 0.671. The number of aryl methyl sites for hydroxylation is 1. The van der Waals surface area contributed by atoms with Crippen LogP contribution in [0, 0.1) is 12.8 Å². The number of nitrogens with one attached hydrogen (secondary N) is 1. The molecular weight excluding hydrogens is 250 g/mol. The van der Waals surface area contributed by atoms with Crippen molar-refractivity contribution in [3.63, 3.8) is 0 Å². The van der Waals surface area contributed by atoms with Crippen molar-refractivity contribution >= 4 is 21.6 Å². The van der Waals surface area contributed by atoms with Crippen LogP contribution in [0.15, 0.2) is 22.7 Å². The van der Waals surface area contributed by atoms with Crippen molar-refractivity contribution in [3.8, 4) is 0 Å². The first-order chi connectivity index (χ1) is 7.20. The predicted molar refractivity (Wildman–Crippen MR) is 69.3 cm³/mol. The van der Waals surface area contributed by atoms with E-state index >= 15 is 0 Å². The SMILES string of the molecule is CCC(Nc1ccc(Br)cc1C)C1CC1. The second-order valence-corrected chi connectivity index (χ2v) is 5.37. The van der Waals surface area contributed by atoms with E-state index < -0.39 is 0 Å². The maximum absolute atomic E-state index is 3.67. The highest BCUT2D eigenvalue weighted by atomic mass is 79.9. The summed E-state index contributed by atoms with van der Waals surface area (Å²) in [6.07, 6.45) is 4.03. The average molecular weight is 268 g/mol. The summed E-state index contributed by atoms with van der Waals surface area (Å²) in [4.78, 5) is 0. The van der Waals surface area contributed by atoms with Gasteiger partial charge in [0.1, 0.15) is 0 Å². The number of hydrogen-bond acceptors (Lipinski definition) is 1. The molecule has 0 spiro atoms. The molecule has 1 atom stereocenters. The van der Waals surface area contributed by atoms with Crippen LogP contribution in [0.1, 0.15) is 31.7 Å². The third-order valence-corrected chi connectivity index (χ3v) is 3.65. The van der Waals surface area contributed by atoms with Crippen LogP contribution in [0.5, 0.6) is 0 Å². The molecule has 1 unspecified atom stereocenters. The Morgan fingerprint density at radius 1 is 1.47 bits per heavy atom. The van der Waals surface area contributed by atoms with E-state index in [0.717, 1.165) is 10.4 Å². The van der Waals surface area contributed by atoms with Gasteiger partial charge in [-0.25, -0.2) is 0 Å². The van der Waals surface area contributed by atoms with Crippen LogP contribution in [0.3, 0.4) is 0 Å². The van der Waals surface area contributed by atoms with E-state index in [-0.39, 0.29) is 0 Å². The molecule has 82 valence electrons. The zero-order valence-electron chi connectivity index (χ0n) is 9.39. The lowest BCUT2D eigenvalue weighted by Gasteiger charge is -2.19. The predicted octanol–water partition coefficient (Wildman–Crippen LogP) is 4.36. The third-order valence-electron chi connectivity index (χ3n) is 3.16. The van der Waals surface area contributed by atoms with E-state index in [4.69, 9.17) is 0 Å². The molecule has 15 heavy (non-hydrogen) atoms. The zero-order chi connectivity index (χ0) is 10.8. The molecule has 1 aliphatic rings. The molecule has 1 fully saturated rings. The Morgan fingerprint density at radius 2 is 2.20 bits per heavy atom. The molecule has 2 rings (SSSR count). The van der Waals surface area contributed by atoms with Gasteiger partial charge in [0, 0.05) is 16.2 Å². The summed E-state index contributed by atoms with van der Waals surface area (Å²) in [5.41, 5.74) is 2.61. The summed E-state index contributed by atoms with van der Waals surface area (Å²) < 4.78 is 1.16. The van der Waals surface area contributed by atoms with Gasteiger partial charge in [-0.3, -0.25) is 0 Å². The lowest BCUT2D eigenvalue weighted by molar-refractivity contribution is 0.616. The van der Waals surface area contributed by atoms with Gasteiger partial charge in [0.25, 0.3) is 0 Å². The van der Waals surface area contributed by atoms with Crippen molar-refractivity contribution in [3.05, 3.63) is 28.2 Å². The molecule has 1 N–H and O–H groups in total. The topological polar surface area (TPSA) is 12.0 Å². The Labute approximate surface area is 100 Å². The van der Waals surface area contributed by atoms with Gasteiger partial charge >= 0.3 is 0 Å². The fourth-order valence-corrected chi connectivity index (χ4v) is 2.52. The van der Waals surface area contributed by atoms with Gasteiger partial charge in [0.15, 0.2) is 0 Å². The van der Waals surface area contributed by atoms with Gasteiger partial charge in [-0.1, -0.05) is 22.9 Å². The number of hydrogen-bond donors (Lipinski definition) is 1. The lowest BCUT2D eigenvalue weighted by Crippen LogP contribution is -2.21. The highest BCUT2D eigenvalue weighted by Crippen LogP contribution is 2.36. The van der Waals surface area contributed by atoms with Gasteiger partial charge in [0.2, 0.25) is 0 Å². The average Bonchev–Trinajstić information content (AvgIpc) is 3.00. The van der Waals surface area contributed by atoms with E-state index in [2.05, 4.69) is 53.3 Å². The van der Waals surface area contributed by atoms with Crippen LogP contribution in [-0.4, -0.2) is 6.04 Å². The number of benzene rings is 1. The number of halogens is 1. The molecule has 0 heterocycles. The first kappa shape index (κ1) is 11.0. The van der Waals surface area contributed by atoms with Gasteiger partial charge < -0.3 is 5.32 Å². The number of anilines is 1. The highest BCUT2D eigenvalue weighted by molar-refractivity contribution is 9.10. The van der Waals surface area contributed by atoms with Crippen LogP contribution >= 0.6 is 15.9 Å². The molecule has 1 aliphatic carbocycles. The fraction of sp³-hybridized carbons (Fsp3) is 0.538.